The summed E-state index contributed by atoms with van der Waals surface area (Å²) in [6, 6.07) is 21.4. The van der Waals surface area contributed by atoms with E-state index in [1.165, 1.54) is 6.20 Å². The molecule has 0 amide bonds. The van der Waals surface area contributed by atoms with Crippen LogP contribution in [0.25, 0.3) is 0 Å². The smallest absolute Gasteiger partial charge is 0.858 e. The fraction of sp³-hybridized carbons (Fsp3) is 0. The molecule has 3 rings (SSSR count). The molecule has 0 unspecified atom stereocenters. The van der Waals surface area contributed by atoms with Gasteiger partial charge < -0.3 is 9.67 Å². The maximum Gasteiger partial charge on any atom is 1.00 e. The summed E-state index contributed by atoms with van der Waals surface area (Å²) in [5, 5.41) is 13.7. The molecule has 0 saturated heterocycles. The maximum atomic E-state index is 13.8. The van der Waals surface area contributed by atoms with Crippen LogP contribution in [0.2, 0.25) is 0 Å². The molecule has 5 heteroatoms. The van der Waals surface area contributed by atoms with Crippen molar-refractivity contribution < 1.29 is 28.5 Å². The Morgan fingerprint density at radius 3 is 1.73 bits per heavy atom. The van der Waals surface area contributed by atoms with Crippen LogP contribution in [0.5, 0.6) is 5.88 Å². The molecule has 0 bridgehead atoms. The number of hydrogen-bond acceptors (Lipinski definition) is 3. The molecule has 0 aliphatic carbocycles. The van der Waals surface area contributed by atoms with E-state index in [2.05, 4.69) is 4.98 Å². The maximum absolute atomic E-state index is 13.8. The van der Waals surface area contributed by atoms with Crippen LogP contribution in [0.1, 0.15) is 0 Å². The average Bonchev–Trinajstić information content (AvgIpc) is 2.56. The van der Waals surface area contributed by atoms with E-state index in [-0.39, 0.29) is 24.2 Å². The van der Waals surface area contributed by atoms with Crippen molar-refractivity contribution in [2.24, 2.45) is 0 Å². The third kappa shape index (κ3) is 2.89. The molecule has 0 fully saturated rings. The minimum Gasteiger partial charge on any atom is -0.858 e. The normalized spacial score (nSPS) is 10.7. The fourth-order valence-corrected chi connectivity index (χ4v) is 4.99. The van der Waals surface area contributed by atoms with Gasteiger partial charge in [-0.25, -0.2) is 0 Å². The fourth-order valence-electron chi connectivity index (χ4n) is 2.33. The molecule has 0 atom stereocenters. The summed E-state index contributed by atoms with van der Waals surface area (Å²) in [7, 11) is -3.19. The molecule has 3 nitrogen and oxygen atoms in total. The van der Waals surface area contributed by atoms with Gasteiger partial charge in [0.15, 0.2) is 7.14 Å². The van der Waals surface area contributed by atoms with E-state index in [4.69, 9.17) is 0 Å². The summed E-state index contributed by atoms with van der Waals surface area (Å²) in [4.78, 5) is 3.77. The van der Waals surface area contributed by atoms with Gasteiger partial charge in [-0.15, -0.1) is 0 Å². The van der Waals surface area contributed by atoms with Gasteiger partial charge >= 0.3 is 18.9 Å². The first-order valence-electron chi connectivity index (χ1n) is 6.57. The summed E-state index contributed by atoms with van der Waals surface area (Å²) in [5.41, 5.74) is 0. The van der Waals surface area contributed by atoms with Crippen LogP contribution >= 0.6 is 7.14 Å². The largest absolute Gasteiger partial charge is 1.00 e. The summed E-state index contributed by atoms with van der Waals surface area (Å²) in [6.45, 7) is 0. The van der Waals surface area contributed by atoms with Gasteiger partial charge in [0.1, 0.15) is 0 Å². The van der Waals surface area contributed by atoms with Crippen molar-refractivity contribution in [1.82, 2.24) is 4.98 Å². The van der Waals surface area contributed by atoms with Crippen LogP contribution in [0.4, 0.5) is 0 Å². The Hall–Kier alpha value is -1.78. The molecule has 0 radical (unpaired) electrons. The van der Waals surface area contributed by atoms with Crippen molar-refractivity contribution in [2.75, 3.05) is 0 Å². The van der Waals surface area contributed by atoms with Gasteiger partial charge in [0.25, 0.3) is 0 Å². The van der Waals surface area contributed by atoms with Crippen LogP contribution in [0, 0.1) is 0 Å². The van der Waals surface area contributed by atoms with E-state index in [0.29, 0.717) is 10.6 Å². The van der Waals surface area contributed by atoms with Crippen LogP contribution in [0.3, 0.4) is 0 Å². The first-order valence-corrected chi connectivity index (χ1v) is 8.27. The molecule has 1 aromatic heterocycles. The Morgan fingerprint density at radius 1 is 0.773 bits per heavy atom. The molecule has 2 aromatic carbocycles. The molecular formula is C17H13LiNO2P. The van der Waals surface area contributed by atoms with E-state index in [1.54, 1.807) is 36.4 Å². The molecule has 0 spiro atoms. The third-order valence-corrected chi connectivity index (χ3v) is 6.40. The van der Waals surface area contributed by atoms with Crippen LogP contribution in [0.15, 0.2) is 79.0 Å². The number of benzene rings is 2. The molecular weight excluding hydrogens is 288 g/mol. The predicted octanol–water partition coefficient (Wildman–Crippen LogP) is -1.20. The van der Waals surface area contributed by atoms with Gasteiger partial charge in [0, 0.05) is 22.1 Å². The summed E-state index contributed by atoms with van der Waals surface area (Å²) in [6.07, 6.45) is 1.42. The van der Waals surface area contributed by atoms with Crippen molar-refractivity contribution in [3.8, 4) is 5.88 Å². The van der Waals surface area contributed by atoms with E-state index in [0.717, 1.165) is 0 Å². The molecule has 22 heavy (non-hydrogen) atoms. The topological polar surface area (TPSA) is 53.0 Å². The summed E-state index contributed by atoms with van der Waals surface area (Å²) in [5.74, 6) is -0.437. The van der Waals surface area contributed by atoms with Crippen molar-refractivity contribution in [2.45, 2.75) is 0 Å². The second-order valence-electron chi connectivity index (χ2n) is 4.61. The molecule has 0 saturated carbocycles. The number of hydrogen-bond donors (Lipinski definition) is 0. The Balaban J connectivity index is 0.00000176. The Morgan fingerprint density at radius 2 is 1.27 bits per heavy atom. The van der Waals surface area contributed by atoms with Crippen LogP contribution in [-0.2, 0) is 4.57 Å². The van der Waals surface area contributed by atoms with Crippen LogP contribution in [-0.4, -0.2) is 4.98 Å². The molecule has 3 aromatic rings. The molecule has 0 N–H and O–H groups in total. The summed E-state index contributed by atoms with van der Waals surface area (Å²) >= 11 is 0. The monoisotopic (exact) mass is 301 g/mol. The average molecular weight is 301 g/mol. The Labute approximate surface area is 141 Å². The van der Waals surface area contributed by atoms with Gasteiger partial charge in [-0.1, -0.05) is 60.7 Å². The minimum absolute atomic E-state index is 0. The van der Waals surface area contributed by atoms with Gasteiger partial charge in [-0.05, 0) is 18.0 Å². The second kappa shape index (κ2) is 6.98. The zero-order chi connectivity index (χ0) is 14.7. The molecule has 0 aliphatic rings. The van der Waals surface area contributed by atoms with Crippen LogP contribution < -0.4 is 39.9 Å². The van der Waals surface area contributed by atoms with E-state index < -0.39 is 13.0 Å². The van der Waals surface area contributed by atoms with Crippen molar-refractivity contribution in [1.29, 1.82) is 0 Å². The summed E-state index contributed by atoms with van der Waals surface area (Å²) < 4.78 is 13.8. The second-order valence-corrected chi connectivity index (χ2v) is 7.34. The minimum atomic E-state index is -3.19. The first kappa shape index (κ1) is 16.6. The van der Waals surface area contributed by atoms with Gasteiger partial charge in [-0.2, -0.15) is 0 Å². The number of pyridine rings is 1. The first-order chi connectivity index (χ1) is 10.2. The standard InChI is InChI=1S/C17H14NO2P.Li/c19-17-16(12-7-13-18-17)21(20,14-8-3-1-4-9-14)15-10-5-2-6-11-15;/h1-13H,(H,18,19);/q;+1/p-1. The molecule has 104 valence electrons. The van der Waals surface area contributed by atoms with E-state index in [9.17, 15) is 9.67 Å². The van der Waals surface area contributed by atoms with E-state index >= 15 is 0 Å². The van der Waals surface area contributed by atoms with Gasteiger partial charge in [0.2, 0.25) is 0 Å². The Bertz CT molecular complexity index is 751. The third-order valence-electron chi connectivity index (χ3n) is 3.33. The zero-order valence-corrected chi connectivity index (χ0v) is 13.1. The van der Waals surface area contributed by atoms with Crippen molar-refractivity contribution in [3.63, 3.8) is 0 Å². The van der Waals surface area contributed by atoms with Gasteiger partial charge in [0.05, 0.1) is 0 Å². The van der Waals surface area contributed by atoms with Crippen molar-refractivity contribution in [3.05, 3.63) is 79.0 Å². The van der Waals surface area contributed by atoms with Gasteiger partial charge in [-0.3, -0.25) is 4.98 Å². The predicted molar refractivity (Wildman–Crippen MR) is 83.1 cm³/mol. The number of rotatable bonds is 3. The quantitative estimate of drug-likeness (QED) is 0.451. The van der Waals surface area contributed by atoms with E-state index in [1.807, 2.05) is 36.4 Å². The van der Waals surface area contributed by atoms with Crippen molar-refractivity contribution >= 4 is 23.1 Å². The number of aromatic nitrogens is 1. The Kier molecular flexibility index (Phi) is 5.27. The molecule has 1 heterocycles. The number of nitrogens with zero attached hydrogens (tertiary/aromatic N) is 1. The molecule has 0 aliphatic heterocycles. The SMILES string of the molecule is O=P(c1ccccc1)(c1ccccc1)c1cccnc1[O-].[Li+]. The zero-order valence-electron chi connectivity index (χ0n) is 12.2.